The Morgan fingerprint density at radius 3 is 0.878 bits per heavy atom. The van der Waals surface area contributed by atoms with Gasteiger partial charge in [-0.3, -0.25) is 4.43 Å². The van der Waals surface area contributed by atoms with Crippen molar-refractivity contribution in [3.05, 3.63) is 0 Å². The van der Waals surface area contributed by atoms with E-state index in [1.807, 2.05) is 0 Å². The molecule has 49 heavy (non-hydrogen) atoms. The maximum atomic E-state index is 6.44. The summed E-state index contributed by atoms with van der Waals surface area (Å²) >= 11 is 0. The molecule has 0 saturated carbocycles. The van der Waals surface area contributed by atoms with Gasteiger partial charge in [0.15, 0.2) is 0 Å². The normalized spacial score (nSPS) is 13.3. The first-order valence-electron chi connectivity index (χ1n) is 21.6. The fourth-order valence-corrected chi connectivity index (χ4v) is 9.34. The molecule has 0 heterocycles. The Morgan fingerprint density at radius 2 is 0.612 bits per heavy atom. The lowest BCUT2D eigenvalue weighted by Crippen LogP contribution is -2.55. The zero-order valence-corrected chi connectivity index (χ0v) is 35.2. The number of hydrogen-bond donors (Lipinski definition) is 0. The number of unbranched alkanes of at least 4 members (excludes halogenated alkanes) is 31. The van der Waals surface area contributed by atoms with Crippen LogP contribution in [0.15, 0.2) is 0 Å². The summed E-state index contributed by atoms with van der Waals surface area (Å²) in [5.74, 6) is 0. The van der Waals surface area contributed by atoms with Crippen LogP contribution >= 0.6 is 0 Å². The zero-order valence-electron chi connectivity index (χ0n) is 34.2. The van der Waals surface area contributed by atoms with Gasteiger partial charge in [0.25, 0.3) is 0 Å². The van der Waals surface area contributed by atoms with Crippen LogP contribution in [0, 0.1) is 0 Å². The van der Waals surface area contributed by atoms with Crippen LogP contribution in [-0.2, 0) is 27.5 Å². The minimum Gasteiger partial charge on any atom is -0.377 e. The first kappa shape index (κ1) is 49.0. The van der Waals surface area contributed by atoms with Gasteiger partial charge in [-0.05, 0) is 12.8 Å². The van der Waals surface area contributed by atoms with Crippen molar-refractivity contribution in [2.75, 3.05) is 35.0 Å². The Hall–Kier alpha value is -0.0231. The molecule has 0 N–H and O–H groups in total. The number of ether oxygens (including phenoxy) is 3. The van der Waals surface area contributed by atoms with Gasteiger partial charge < -0.3 is 23.1 Å². The quantitative estimate of drug-likeness (QED) is 0.0356. The molecule has 0 rings (SSSR count). The highest BCUT2D eigenvalue weighted by atomic mass is 28.4. The fourth-order valence-electron chi connectivity index (χ4n) is 6.86. The molecule has 0 aromatic rings. The highest BCUT2D eigenvalue weighted by Gasteiger charge is 2.49. The van der Waals surface area contributed by atoms with Gasteiger partial charge in [0, 0.05) is 41.1 Å². The Morgan fingerprint density at radius 1 is 0.347 bits per heavy atom. The van der Waals surface area contributed by atoms with Gasteiger partial charge in [-0.2, -0.15) is 0 Å². The molecule has 0 saturated heterocycles. The third kappa shape index (κ3) is 30.2. The Labute approximate surface area is 308 Å². The molecule has 0 radical (unpaired) electrons. The molecule has 0 spiro atoms. The van der Waals surface area contributed by atoms with E-state index >= 15 is 0 Å². The van der Waals surface area contributed by atoms with Crippen molar-refractivity contribution in [2.24, 2.45) is 0 Å². The molecule has 0 amide bonds. The average molecular weight is 717 g/mol. The zero-order chi connectivity index (χ0) is 36.0. The van der Waals surface area contributed by atoms with Crippen LogP contribution in [0.25, 0.3) is 0 Å². The van der Waals surface area contributed by atoms with Gasteiger partial charge in [-0.1, -0.05) is 213 Å². The van der Waals surface area contributed by atoms with E-state index < -0.39 is 15.0 Å². The summed E-state index contributed by atoms with van der Waals surface area (Å²) in [6.07, 6.45) is 43.1. The Balaban J connectivity index is 4.11. The van der Waals surface area contributed by atoms with Crippen molar-refractivity contribution in [3.8, 4) is 0 Å². The van der Waals surface area contributed by atoms with E-state index in [0.29, 0.717) is 6.61 Å². The van der Waals surface area contributed by atoms with E-state index in [2.05, 4.69) is 13.8 Å². The van der Waals surface area contributed by atoms with Crippen LogP contribution in [0.2, 0.25) is 6.04 Å². The maximum Gasteiger partial charge on any atom is 0.506 e. The number of hydrogen-bond acceptors (Lipinski definition) is 6. The SMILES string of the molecule is CCCCCCCCCCCCCCCCCCCO[Si](CCCCCCCCCCCCCCCCCC)(OC)OC(OC)(OC)OC. The second-order valence-electron chi connectivity index (χ2n) is 14.7. The molecule has 0 bridgehead atoms. The molecule has 1 atom stereocenters. The summed E-state index contributed by atoms with van der Waals surface area (Å²) in [6, 6.07) is 0.735. The van der Waals surface area contributed by atoms with Gasteiger partial charge in [0.1, 0.15) is 0 Å². The lowest BCUT2D eigenvalue weighted by molar-refractivity contribution is -0.460. The van der Waals surface area contributed by atoms with Crippen LogP contribution in [0.1, 0.15) is 226 Å². The lowest BCUT2D eigenvalue weighted by Gasteiger charge is -2.36. The minimum atomic E-state index is -3.06. The van der Waals surface area contributed by atoms with Crippen molar-refractivity contribution in [1.29, 1.82) is 0 Å². The van der Waals surface area contributed by atoms with Gasteiger partial charge in [-0.25, -0.2) is 0 Å². The van der Waals surface area contributed by atoms with E-state index in [9.17, 15) is 0 Å². The predicted octanol–water partition coefficient (Wildman–Crippen LogP) is 14.1. The second-order valence-corrected chi connectivity index (χ2v) is 17.4. The van der Waals surface area contributed by atoms with Crippen molar-refractivity contribution in [1.82, 2.24) is 0 Å². The molecule has 6 nitrogen and oxygen atoms in total. The van der Waals surface area contributed by atoms with Crippen LogP contribution < -0.4 is 0 Å². The van der Waals surface area contributed by atoms with Gasteiger partial charge in [0.05, 0.1) is 0 Å². The highest BCUT2D eigenvalue weighted by Crippen LogP contribution is 2.28. The van der Waals surface area contributed by atoms with Crippen molar-refractivity contribution < 1.29 is 27.5 Å². The Kier molecular flexibility index (Phi) is 37.7. The van der Waals surface area contributed by atoms with Crippen molar-refractivity contribution in [3.63, 3.8) is 0 Å². The van der Waals surface area contributed by atoms with Crippen LogP contribution in [-0.4, -0.2) is 50.0 Å². The van der Waals surface area contributed by atoms with E-state index in [-0.39, 0.29) is 0 Å². The van der Waals surface area contributed by atoms with Crippen LogP contribution in [0.4, 0.5) is 0 Å². The smallest absolute Gasteiger partial charge is 0.377 e. The lowest BCUT2D eigenvalue weighted by atomic mass is 10.0. The highest BCUT2D eigenvalue weighted by molar-refractivity contribution is 6.60. The number of rotatable bonds is 42. The van der Waals surface area contributed by atoms with Crippen LogP contribution in [0.5, 0.6) is 0 Å². The molecule has 0 aliphatic carbocycles. The molecule has 0 aromatic carbocycles. The van der Waals surface area contributed by atoms with Crippen molar-refractivity contribution in [2.45, 2.75) is 238 Å². The molecule has 296 valence electrons. The van der Waals surface area contributed by atoms with Gasteiger partial charge in [-0.15, -0.1) is 0 Å². The molecule has 1 unspecified atom stereocenters. The van der Waals surface area contributed by atoms with E-state index in [1.54, 1.807) is 7.11 Å². The summed E-state index contributed by atoms with van der Waals surface area (Å²) < 4.78 is 35.2. The van der Waals surface area contributed by atoms with E-state index in [0.717, 1.165) is 25.3 Å². The predicted molar refractivity (Wildman–Crippen MR) is 212 cm³/mol. The molecule has 0 aliphatic rings. The standard InChI is InChI=1S/C42H88O6Si/c1-7-9-11-13-15-17-19-21-23-25-26-28-30-32-34-36-38-40-47-49(46-6,48-42(43-3,44-4)45-5)41-39-37-35-33-31-29-27-24-22-20-18-16-14-12-10-8-2/h7-41H2,1-6H3. The third-order valence-electron chi connectivity index (χ3n) is 10.2. The largest absolute Gasteiger partial charge is 0.506 e. The summed E-state index contributed by atoms with van der Waals surface area (Å²) in [4.78, 5) is 0. The molecule has 0 aliphatic heterocycles. The minimum absolute atomic E-state index is 0.630. The number of methoxy groups -OCH3 is 3. The maximum absolute atomic E-state index is 6.44. The Bertz CT molecular complexity index is 626. The van der Waals surface area contributed by atoms with Crippen molar-refractivity contribution >= 4 is 8.80 Å². The van der Waals surface area contributed by atoms with Gasteiger partial charge >= 0.3 is 15.0 Å². The van der Waals surface area contributed by atoms with E-state index in [4.69, 9.17) is 27.5 Å². The van der Waals surface area contributed by atoms with Crippen LogP contribution in [0.3, 0.4) is 0 Å². The molecule has 0 aromatic heterocycles. The third-order valence-corrected chi connectivity index (χ3v) is 13.0. The summed E-state index contributed by atoms with van der Waals surface area (Å²) in [7, 11) is 3.20. The summed E-state index contributed by atoms with van der Waals surface area (Å²) in [5, 5.41) is 0. The topological polar surface area (TPSA) is 55.4 Å². The fraction of sp³-hybridized carbons (Fsp3) is 1.00. The average Bonchev–Trinajstić information content (AvgIpc) is 3.13. The van der Waals surface area contributed by atoms with E-state index in [1.165, 1.54) is 214 Å². The van der Waals surface area contributed by atoms with Gasteiger partial charge in [0.2, 0.25) is 0 Å². The summed E-state index contributed by atoms with van der Waals surface area (Å²) in [6.45, 7) is 5.22. The summed E-state index contributed by atoms with van der Waals surface area (Å²) in [5.41, 5.74) is 0. The molecule has 0 fully saturated rings. The molecular weight excluding hydrogens is 629 g/mol. The monoisotopic (exact) mass is 717 g/mol. The molecular formula is C42H88O6Si. The first-order valence-corrected chi connectivity index (χ1v) is 23.6. The second kappa shape index (κ2) is 37.7. The first-order chi connectivity index (χ1) is 24.1. The molecule has 7 heteroatoms.